The van der Waals surface area contributed by atoms with E-state index in [9.17, 15) is 10.1 Å². The van der Waals surface area contributed by atoms with Crippen molar-refractivity contribution in [1.82, 2.24) is 0 Å². The van der Waals surface area contributed by atoms with E-state index in [4.69, 9.17) is 16.3 Å². The van der Waals surface area contributed by atoms with Gasteiger partial charge >= 0.3 is 0 Å². The summed E-state index contributed by atoms with van der Waals surface area (Å²) < 4.78 is 6.00. The van der Waals surface area contributed by atoms with Crippen molar-refractivity contribution in [3.8, 4) is 11.8 Å². The third-order valence-electron chi connectivity index (χ3n) is 4.93. The van der Waals surface area contributed by atoms with E-state index in [-0.39, 0.29) is 5.57 Å². The van der Waals surface area contributed by atoms with E-state index in [1.165, 1.54) is 6.08 Å². The van der Waals surface area contributed by atoms with E-state index in [0.717, 1.165) is 16.3 Å². The predicted molar refractivity (Wildman–Crippen MR) is 128 cm³/mol. The van der Waals surface area contributed by atoms with E-state index < -0.39 is 5.91 Å². The Labute approximate surface area is 191 Å². The molecule has 0 spiro atoms. The lowest BCUT2D eigenvalue weighted by molar-refractivity contribution is -0.112. The lowest BCUT2D eigenvalue weighted by Crippen LogP contribution is -2.13. The molecule has 4 aromatic rings. The average Bonchev–Trinajstić information content (AvgIpc) is 2.83. The smallest absolute Gasteiger partial charge is 0.266 e. The van der Waals surface area contributed by atoms with Gasteiger partial charge in [0.15, 0.2) is 0 Å². The number of hydrogen-bond donors (Lipinski definition) is 1. The van der Waals surface area contributed by atoms with Gasteiger partial charge in [0, 0.05) is 0 Å². The van der Waals surface area contributed by atoms with Crippen molar-refractivity contribution in [2.45, 2.75) is 6.61 Å². The third-order valence-corrected chi connectivity index (χ3v) is 5.26. The molecule has 0 heterocycles. The molecule has 156 valence electrons. The molecule has 0 aliphatic carbocycles. The number of ether oxygens (including phenoxy) is 1. The number of amides is 1. The van der Waals surface area contributed by atoms with Gasteiger partial charge in [0.05, 0.1) is 10.7 Å². The van der Waals surface area contributed by atoms with Gasteiger partial charge in [-0.25, -0.2) is 0 Å². The van der Waals surface area contributed by atoms with E-state index in [2.05, 4.69) is 23.5 Å². The molecule has 0 fully saturated rings. The van der Waals surface area contributed by atoms with Crippen LogP contribution in [0, 0.1) is 11.3 Å². The molecule has 0 saturated heterocycles. The molecule has 0 unspecified atom stereocenters. The predicted octanol–water partition coefficient (Wildman–Crippen LogP) is 6.62. The van der Waals surface area contributed by atoms with Crippen molar-refractivity contribution >= 4 is 40.0 Å². The second-order valence-corrected chi connectivity index (χ2v) is 7.51. The van der Waals surface area contributed by atoms with Crippen molar-refractivity contribution in [3.05, 3.63) is 113 Å². The van der Waals surface area contributed by atoms with E-state index in [1.807, 2.05) is 48.5 Å². The number of carbonyl (C=O) groups is 1. The summed E-state index contributed by atoms with van der Waals surface area (Å²) in [4.78, 5) is 12.5. The SMILES string of the molecule is N#C/C(=C/c1cccc(OCc2cccc3ccccc23)c1)C(=O)Nc1ccccc1Cl. The van der Waals surface area contributed by atoms with Gasteiger partial charge in [-0.3, -0.25) is 4.79 Å². The highest BCUT2D eigenvalue weighted by atomic mass is 35.5. The van der Waals surface area contributed by atoms with Crippen molar-refractivity contribution in [1.29, 1.82) is 5.26 Å². The van der Waals surface area contributed by atoms with Crippen LogP contribution in [-0.4, -0.2) is 5.91 Å². The van der Waals surface area contributed by atoms with Crippen LogP contribution in [0.2, 0.25) is 5.02 Å². The molecule has 0 bridgehead atoms. The fourth-order valence-corrected chi connectivity index (χ4v) is 3.52. The van der Waals surface area contributed by atoms with Crippen molar-refractivity contribution < 1.29 is 9.53 Å². The molecule has 4 rings (SSSR count). The number of nitriles is 1. The summed E-state index contributed by atoms with van der Waals surface area (Å²) in [6, 6.07) is 30.4. The van der Waals surface area contributed by atoms with Crippen LogP contribution in [0.3, 0.4) is 0 Å². The van der Waals surface area contributed by atoms with Crippen LogP contribution in [0.15, 0.2) is 96.6 Å². The fourth-order valence-electron chi connectivity index (χ4n) is 3.34. The number of benzene rings is 4. The Morgan fingerprint density at radius 2 is 1.72 bits per heavy atom. The Morgan fingerprint density at radius 1 is 0.969 bits per heavy atom. The molecular formula is C27H19ClN2O2. The number of rotatable bonds is 6. The van der Waals surface area contributed by atoms with Crippen LogP contribution in [0.1, 0.15) is 11.1 Å². The lowest BCUT2D eigenvalue weighted by atomic mass is 10.1. The Balaban J connectivity index is 1.50. The zero-order chi connectivity index (χ0) is 22.3. The van der Waals surface area contributed by atoms with Gasteiger partial charge < -0.3 is 10.1 Å². The molecule has 1 N–H and O–H groups in total. The first-order valence-corrected chi connectivity index (χ1v) is 10.4. The quantitative estimate of drug-likeness (QED) is 0.272. The normalized spacial score (nSPS) is 11.1. The summed E-state index contributed by atoms with van der Waals surface area (Å²) in [6.07, 6.45) is 1.52. The highest BCUT2D eigenvalue weighted by Gasteiger charge is 2.11. The number of carbonyl (C=O) groups excluding carboxylic acids is 1. The summed E-state index contributed by atoms with van der Waals surface area (Å²) in [5.74, 6) is 0.123. The number of nitrogens with zero attached hydrogens (tertiary/aromatic N) is 1. The molecule has 1 amide bonds. The monoisotopic (exact) mass is 438 g/mol. The van der Waals surface area contributed by atoms with Gasteiger partial charge in [-0.05, 0) is 52.2 Å². The molecule has 0 aromatic heterocycles. The summed E-state index contributed by atoms with van der Waals surface area (Å²) in [6.45, 7) is 0.409. The number of hydrogen-bond acceptors (Lipinski definition) is 3. The molecule has 0 radical (unpaired) electrons. The number of para-hydroxylation sites is 1. The number of anilines is 1. The second-order valence-electron chi connectivity index (χ2n) is 7.10. The Hall–Kier alpha value is -4.07. The average molecular weight is 439 g/mol. The molecule has 0 aliphatic heterocycles. The fraction of sp³-hybridized carbons (Fsp3) is 0.0370. The highest BCUT2D eigenvalue weighted by Crippen LogP contribution is 2.23. The maximum absolute atomic E-state index is 12.5. The van der Waals surface area contributed by atoms with Crippen LogP contribution in [0.25, 0.3) is 16.8 Å². The van der Waals surface area contributed by atoms with Crippen LogP contribution >= 0.6 is 11.6 Å². The first-order valence-electron chi connectivity index (χ1n) is 10.0. The minimum absolute atomic E-state index is 0.0314. The molecule has 5 heteroatoms. The second kappa shape index (κ2) is 9.82. The van der Waals surface area contributed by atoms with Gasteiger partial charge in [-0.1, -0.05) is 78.3 Å². The topological polar surface area (TPSA) is 62.1 Å². The molecule has 32 heavy (non-hydrogen) atoms. The first-order chi connectivity index (χ1) is 15.6. The Bertz CT molecular complexity index is 1350. The summed E-state index contributed by atoms with van der Waals surface area (Å²) in [5, 5.41) is 14.9. The van der Waals surface area contributed by atoms with Crippen LogP contribution in [-0.2, 0) is 11.4 Å². The summed E-state index contributed by atoms with van der Waals surface area (Å²) >= 11 is 6.09. The summed E-state index contributed by atoms with van der Waals surface area (Å²) in [5.41, 5.74) is 2.19. The minimum atomic E-state index is -0.525. The molecule has 0 saturated carbocycles. The molecule has 0 aliphatic rings. The molecule has 4 nitrogen and oxygen atoms in total. The van der Waals surface area contributed by atoms with Crippen LogP contribution in [0.5, 0.6) is 5.75 Å². The summed E-state index contributed by atoms with van der Waals surface area (Å²) in [7, 11) is 0. The Morgan fingerprint density at radius 3 is 2.56 bits per heavy atom. The van der Waals surface area contributed by atoms with Crippen molar-refractivity contribution in [3.63, 3.8) is 0 Å². The van der Waals surface area contributed by atoms with Crippen LogP contribution < -0.4 is 10.1 Å². The Kier molecular flexibility index (Phi) is 6.50. The van der Waals surface area contributed by atoms with Gasteiger partial charge in [-0.2, -0.15) is 5.26 Å². The standard InChI is InChI=1S/C27H19ClN2O2/c28-25-13-3-4-14-26(25)30-27(31)22(17-29)15-19-7-5-11-23(16-19)32-18-21-10-6-9-20-8-1-2-12-24(20)21/h1-16H,18H2,(H,30,31)/b22-15-. The van der Waals surface area contributed by atoms with Gasteiger partial charge in [0.2, 0.25) is 0 Å². The zero-order valence-corrected chi connectivity index (χ0v) is 17.8. The molecule has 4 aromatic carbocycles. The number of nitrogens with one attached hydrogen (secondary N) is 1. The van der Waals surface area contributed by atoms with E-state index >= 15 is 0 Å². The maximum atomic E-state index is 12.5. The molecular weight excluding hydrogens is 420 g/mol. The lowest BCUT2D eigenvalue weighted by Gasteiger charge is -2.10. The van der Waals surface area contributed by atoms with Gasteiger partial charge in [0.1, 0.15) is 24.0 Å². The van der Waals surface area contributed by atoms with Gasteiger partial charge in [-0.15, -0.1) is 0 Å². The highest BCUT2D eigenvalue weighted by molar-refractivity contribution is 6.34. The van der Waals surface area contributed by atoms with Crippen LogP contribution in [0.4, 0.5) is 5.69 Å². The number of halogens is 1. The van der Waals surface area contributed by atoms with E-state index in [0.29, 0.717) is 28.6 Å². The largest absolute Gasteiger partial charge is 0.489 e. The van der Waals surface area contributed by atoms with E-state index in [1.54, 1.807) is 30.3 Å². The first kappa shape index (κ1) is 21.2. The minimum Gasteiger partial charge on any atom is -0.489 e. The van der Waals surface area contributed by atoms with Crippen molar-refractivity contribution in [2.24, 2.45) is 0 Å². The zero-order valence-electron chi connectivity index (χ0n) is 17.1. The maximum Gasteiger partial charge on any atom is 0.266 e. The third kappa shape index (κ3) is 4.97. The molecule has 0 atom stereocenters. The number of fused-ring (bicyclic) bond motifs is 1. The van der Waals surface area contributed by atoms with Crippen molar-refractivity contribution in [2.75, 3.05) is 5.32 Å². The van der Waals surface area contributed by atoms with Gasteiger partial charge in [0.25, 0.3) is 5.91 Å².